The molecule has 4 aromatic rings. The van der Waals surface area contributed by atoms with Gasteiger partial charge in [-0.15, -0.1) is 0 Å². The quantitative estimate of drug-likeness (QED) is 0.414. The summed E-state index contributed by atoms with van der Waals surface area (Å²) in [6.07, 6.45) is 3.14. The smallest absolute Gasteiger partial charge is 0.260 e. The monoisotopic (exact) mass is 520 g/mol. The maximum atomic E-state index is 14.7. The second kappa shape index (κ2) is 10.4. The molecule has 1 fully saturated rings. The number of anilines is 3. The highest BCUT2D eigenvalue weighted by Gasteiger charge is 2.17. The number of rotatable bonds is 6. The summed E-state index contributed by atoms with van der Waals surface area (Å²) < 4.78 is 28.1. The van der Waals surface area contributed by atoms with Gasteiger partial charge in [0.15, 0.2) is 0 Å². The van der Waals surface area contributed by atoms with Gasteiger partial charge in [0.2, 0.25) is 5.95 Å². The van der Waals surface area contributed by atoms with Gasteiger partial charge in [0.05, 0.1) is 5.56 Å². The third kappa shape index (κ3) is 5.12. The third-order valence-corrected chi connectivity index (χ3v) is 7.61. The number of hydrogen-bond donors (Lipinski definition) is 1. The van der Waals surface area contributed by atoms with Crippen LogP contribution in [0.5, 0.6) is 0 Å². The molecule has 192 valence electrons. The minimum atomic E-state index is -1.30. The van der Waals surface area contributed by atoms with Crippen molar-refractivity contribution in [2.75, 3.05) is 49.7 Å². The maximum Gasteiger partial charge on any atom is 0.260 e. The predicted molar refractivity (Wildman–Crippen MR) is 147 cm³/mol. The molecule has 2 aromatic heterocycles. The van der Waals surface area contributed by atoms with Crippen LogP contribution in [0.15, 0.2) is 64.4 Å². The molecule has 0 spiro atoms. The van der Waals surface area contributed by atoms with Gasteiger partial charge in [-0.05, 0) is 62.5 Å². The van der Waals surface area contributed by atoms with E-state index >= 15 is 0 Å². The molecule has 8 nitrogen and oxygen atoms in total. The van der Waals surface area contributed by atoms with Gasteiger partial charge in [0, 0.05) is 83.2 Å². The molecule has 1 N–H and O–H groups in total. The second-order valence-corrected chi connectivity index (χ2v) is 10.5. The lowest BCUT2D eigenvalue weighted by Gasteiger charge is -2.34. The number of piperazine rings is 1. The number of nitrogens with zero attached hydrogens (tertiary/aromatic N) is 5. The highest BCUT2D eigenvalue weighted by atomic mass is 32.2. The van der Waals surface area contributed by atoms with Crippen LogP contribution in [0.2, 0.25) is 0 Å². The van der Waals surface area contributed by atoms with Crippen molar-refractivity contribution in [2.24, 2.45) is 0 Å². The first-order valence-electron chi connectivity index (χ1n) is 12.2. The molecule has 0 bridgehead atoms. The molecule has 3 heterocycles. The topological polar surface area (TPSA) is 83.4 Å². The number of fused-ring (bicyclic) bond motifs is 1. The van der Waals surface area contributed by atoms with Crippen LogP contribution in [0.4, 0.5) is 21.7 Å². The fraction of sp³-hybridized carbons (Fsp3) is 0.296. The predicted octanol–water partition coefficient (Wildman–Crippen LogP) is 3.85. The molecule has 1 atom stereocenters. The van der Waals surface area contributed by atoms with E-state index in [0.29, 0.717) is 28.4 Å². The minimum absolute atomic E-state index is 0.115. The van der Waals surface area contributed by atoms with E-state index in [0.717, 1.165) is 31.9 Å². The maximum absolute atomic E-state index is 14.7. The molecule has 1 aliphatic heterocycles. The Morgan fingerprint density at radius 1 is 1.03 bits per heavy atom. The normalized spacial score (nSPS) is 15.2. The molecular formula is C27H29FN6O2S. The summed E-state index contributed by atoms with van der Waals surface area (Å²) in [5.74, 6) is -0.184. The molecule has 0 radical (unpaired) electrons. The lowest BCUT2D eigenvalue weighted by atomic mass is 10.1. The highest BCUT2D eigenvalue weighted by Crippen LogP contribution is 2.26. The Morgan fingerprint density at radius 2 is 1.76 bits per heavy atom. The average Bonchev–Trinajstić information content (AvgIpc) is 2.90. The first kappa shape index (κ1) is 25.0. The fourth-order valence-electron chi connectivity index (χ4n) is 4.54. The van der Waals surface area contributed by atoms with Crippen LogP contribution in [-0.2, 0) is 17.3 Å². The van der Waals surface area contributed by atoms with E-state index in [1.165, 1.54) is 34.7 Å². The highest BCUT2D eigenvalue weighted by molar-refractivity contribution is 7.84. The first-order valence-corrected chi connectivity index (χ1v) is 13.7. The Bertz CT molecular complexity index is 1530. The van der Waals surface area contributed by atoms with E-state index in [1.54, 1.807) is 12.3 Å². The number of nitrogens with one attached hydrogen (secondary N) is 1. The van der Waals surface area contributed by atoms with Crippen LogP contribution in [0.25, 0.3) is 22.2 Å². The van der Waals surface area contributed by atoms with E-state index in [1.807, 2.05) is 19.1 Å². The van der Waals surface area contributed by atoms with Gasteiger partial charge >= 0.3 is 0 Å². The van der Waals surface area contributed by atoms with Crippen molar-refractivity contribution >= 4 is 39.2 Å². The zero-order valence-electron chi connectivity index (χ0n) is 21.1. The average molecular weight is 521 g/mol. The van der Waals surface area contributed by atoms with Gasteiger partial charge in [-0.3, -0.25) is 13.6 Å². The van der Waals surface area contributed by atoms with Gasteiger partial charge < -0.3 is 15.1 Å². The summed E-state index contributed by atoms with van der Waals surface area (Å²) in [4.78, 5) is 27.5. The van der Waals surface area contributed by atoms with Crippen LogP contribution in [0.1, 0.15) is 6.92 Å². The van der Waals surface area contributed by atoms with Crippen LogP contribution >= 0.6 is 0 Å². The van der Waals surface area contributed by atoms with Crippen molar-refractivity contribution < 1.29 is 8.60 Å². The van der Waals surface area contributed by atoms with E-state index in [4.69, 9.17) is 0 Å². The van der Waals surface area contributed by atoms with Crippen LogP contribution in [-0.4, -0.2) is 63.1 Å². The molecule has 0 saturated carbocycles. The van der Waals surface area contributed by atoms with Gasteiger partial charge in [0.1, 0.15) is 11.5 Å². The Hall–Kier alpha value is -3.63. The zero-order valence-corrected chi connectivity index (χ0v) is 21.9. The number of pyridine rings is 1. The molecule has 1 saturated heterocycles. The SMILES string of the molecule is CCn1c(=O)c(-c2cc(S(C)=O)ccc2F)cc2cnc(Nc3ccc(N4CCN(C)CC4)cc3)nc21. The first-order chi connectivity index (χ1) is 17.8. The number of aryl methyl sites for hydroxylation is 1. The summed E-state index contributed by atoms with van der Waals surface area (Å²) in [6.45, 7) is 6.27. The summed E-state index contributed by atoms with van der Waals surface area (Å²) in [5, 5.41) is 3.83. The zero-order chi connectivity index (χ0) is 26.1. The van der Waals surface area contributed by atoms with E-state index in [9.17, 15) is 13.4 Å². The van der Waals surface area contributed by atoms with Crippen molar-refractivity contribution in [1.82, 2.24) is 19.4 Å². The Morgan fingerprint density at radius 3 is 2.43 bits per heavy atom. The second-order valence-electron chi connectivity index (χ2n) is 9.14. The standard InChI is InChI=1S/C27H29FN6O2S/c1-4-34-25-18(15-23(26(34)35)22-16-21(37(3)36)9-10-24(22)28)17-29-27(31-25)30-19-5-7-20(8-6-19)33-13-11-32(2)12-14-33/h5-10,15-17H,4,11-14H2,1-3H3,(H,29,30,31). The van der Waals surface area contributed by atoms with Crippen molar-refractivity contribution in [3.63, 3.8) is 0 Å². The van der Waals surface area contributed by atoms with Crippen molar-refractivity contribution in [1.29, 1.82) is 0 Å². The molecule has 1 aliphatic rings. The van der Waals surface area contributed by atoms with Gasteiger partial charge in [-0.1, -0.05) is 0 Å². The van der Waals surface area contributed by atoms with Crippen LogP contribution in [0, 0.1) is 5.82 Å². The summed E-state index contributed by atoms with van der Waals surface area (Å²) in [6, 6.07) is 13.9. The Labute approximate surface area is 217 Å². The molecule has 37 heavy (non-hydrogen) atoms. The van der Waals surface area contributed by atoms with E-state index < -0.39 is 16.6 Å². The van der Waals surface area contributed by atoms with Gasteiger partial charge in [-0.2, -0.15) is 4.98 Å². The Balaban J connectivity index is 1.46. The van der Waals surface area contributed by atoms with Crippen molar-refractivity contribution in [2.45, 2.75) is 18.4 Å². The lowest BCUT2D eigenvalue weighted by Crippen LogP contribution is -2.44. The Kier molecular flexibility index (Phi) is 7.03. The third-order valence-electron chi connectivity index (χ3n) is 6.70. The molecule has 0 aliphatic carbocycles. The summed E-state index contributed by atoms with van der Waals surface area (Å²) >= 11 is 0. The van der Waals surface area contributed by atoms with Crippen LogP contribution in [0.3, 0.4) is 0 Å². The summed E-state index contributed by atoms with van der Waals surface area (Å²) in [5.41, 5.74) is 2.40. The van der Waals surface area contributed by atoms with Crippen LogP contribution < -0.4 is 15.8 Å². The lowest BCUT2D eigenvalue weighted by molar-refractivity contribution is 0.313. The minimum Gasteiger partial charge on any atom is -0.369 e. The number of halogens is 1. The molecular weight excluding hydrogens is 491 g/mol. The molecule has 0 amide bonds. The summed E-state index contributed by atoms with van der Waals surface area (Å²) in [7, 11) is 0.835. The van der Waals surface area contributed by atoms with E-state index in [-0.39, 0.29) is 16.7 Å². The number of likely N-dealkylation sites (N-methyl/N-ethyl adjacent to an activating group) is 1. The molecule has 2 aromatic carbocycles. The molecule has 1 unspecified atom stereocenters. The number of aromatic nitrogens is 3. The largest absolute Gasteiger partial charge is 0.369 e. The molecule has 10 heteroatoms. The fourth-order valence-corrected chi connectivity index (χ4v) is 5.09. The van der Waals surface area contributed by atoms with Crippen molar-refractivity contribution in [3.05, 3.63) is 70.9 Å². The number of hydrogen-bond acceptors (Lipinski definition) is 7. The van der Waals surface area contributed by atoms with Gasteiger partial charge in [0.25, 0.3) is 5.56 Å². The molecule has 5 rings (SSSR count). The van der Waals surface area contributed by atoms with Crippen molar-refractivity contribution in [3.8, 4) is 11.1 Å². The van der Waals surface area contributed by atoms with Gasteiger partial charge in [-0.25, -0.2) is 9.37 Å². The number of benzene rings is 2. The van der Waals surface area contributed by atoms with E-state index in [2.05, 4.69) is 44.3 Å².